The van der Waals surface area contributed by atoms with Crippen molar-refractivity contribution in [2.75, 3.05) is 71.7 Å². The summed E-state index contributed by atoms with van der Waals surface area (Å²) >= 11 is 0. The maximum Gasteiger partial charge on any atom is 0.142 e. The van der Waals surface area contributed by atoms with Crippen molar-refractivity contribution in [1.29, 1.82) is 0 Å². The van der Waals surface area contributed by atoms with Crippen molar-refractivity contribution in [2.45, 2.75) is 6.10 Å². The van der Waals surface area contributed by atoms with E-state index in [-0.39, 0.29) is 0 Å². The molecule has 30 heavy (non-hydrogen) atoms. The van der Waals surface area contributed by atoms with E-state index in [1.165, 1.54) is 0 Å². The molecule has 1 saturated heterocycles. The Morgan fingerprint density at radius 1 is 0.900 bits per heavy atom. The topological polar surface area (TPSA) is 63.6 Å². The smallest absolute Gasteiger partial charge is 0.142 e. The van der Waals surface area contributed by atoms with Gasteiger partial charge < -0.3 is 29.0 Å². The third kappa shape index (κ3) is 6.52. The number of para-hydroxylation sites is 2. The maximum atomic E-state index is 10.3. The fraction of sp³-hybridized carbons (Fsp3) is 0.478. The number of hydrogen-bond donors (Lipinski definition) is 1. The minimum Gasteiger partial charge on any atom is -0.497 e. The Morgan fingerprint density at radius 2 is 1.67 bits per heavy atom. The van der Waals surface area contributed by atoms with Crippen molar-refractivity contribution in [1.82, 2.24) is 4.90 Å². The average Bonchev–Trinajstić information content (AvgIpc) is 2.79. The van der Waals surface area contributed by atoms with Gasteiger partial charge in [0.05, 0.1) is 39.2 Å². The lowest BCUT2D eigenvalue weighted by Gasteiger charge is -2.37. The monoisotopic (exact) mass is 416 g/mol. The summed E-state index contributed by atoms with van der Waals surface area (Å²) in [6, 6.07) is 15.6. The number of anilines is 1. The second kappa shape index (κ2) is 11.6. The van der Waals surface area contributed by atoms with E-state index in [9.17, 15) is 5.11 Å². The SMILES string of the molecule is COc1cccc(OCCOCC(O)CN2CCN(c3ccccc3OC)CC2)c1. The van der Waals surface area contributed by atoms with Crippen LogP contribution in [0.15, 0.2) is 48.5 Å². The molecule has 0 aromatic heterocycles. The quantitative estimate of drug-likeness (QED) is 0.564. The van der Waals surface area contributed by atoms with Crippen LogP contribution in [0.1, 0.15) is 0 Å². The Balaban J connectivity index is 1.31. The van der Waals surface area contributed by atoms with Crippen LogP contribution in [0.3, 0.4) is 0 Å². The molecule has 7 heteroatoms. The van der Waals surface area contributed by atoms with Crippen LogP contribution in [-0.4, -0.2) is 82.9 Å². The van der Waals surface area contributed by atoms with Crippen LogP contribution in [0.2, 0.25) is 0 Å². The van der Waals surface area contributed by atoms with Gasteiger partial charge in [0.25, 0.3) is 0 Å². The first-order valence-electron chi connectivity index (χ1n) is 10.3. The summed E-state index contributed by atoms with van der Waals surface area (Å²) in [7, 11) is 3.33. The first kappa shape index (κ1) is 22.2. The molecule has 1 aliphatic heterocycles. The third-order valence-electron chi connectivity index (χ3n) is 5.11. The molecular weight excluding hydrogens is 384 g/mol. The lowest BCUT2D eigenvalue weighted by atomic mass is 10.2. The van der Waals surface area contributed by atoms with Gasteiger partial charge in [0, 0.05) is 38.8 Å². The molecule has 0 amide bonds. The average molecular weight is 417 g/mol. The highest BCUT2D eigenvalue weighted by Gasteiger charge is 2.21. The van der Waals surface area contributed by atoms with Crippen LogP contribution >= 0.6 is 0 Å². The lowest BCUT2D eigenvalue weighted by molar-refractivity contribution is 0.00716. The number of hydrogen-bond acceptors (Lipinski definition) is 7. The van der Waals surface area contributed by atoms with E-state index in [0.717, 1.165) is 49.1 Å². The molecule has 1 unspecified atom stereocenters. The van der Waals surface area contributed by atoms with Gasteiger partial charge in [0.2, 0.25) is 0 Å². The molecular formula is C23H32N2O5. The van der Waals surface area contributed by atoms with Gasteiger partial charge in [0.15, 0.2) is 0 Å². The van der Waals surface area contributed by atoms with Gasteiger partial charge >= 0.3 is 0 Å². The molecule has 2 aromatic carbocycles. The first-order valence-corrected chi connectivity index (χ1v) is 10.3. The van der Waals surface area contributed by atoms with Crippen LogP contribution in [0, 0.1) is 0 Å². The molecule has 0 spiro atoms. The lowest BCUT2D eigenvalue weighted by Crippen LogP contribution is -2.49. The molecule has 0 radical (unpaired) electrons. The van der Waals surface area contributed by atoms with E-state index in [2.05, 4.69) is 15.9 Å². The van der Waals surface area contributed by atoms with Gasteiger partial charge in [-0.2, -0.15) is 0 Å². The molecule has 1 heterocycles. The molecule has 0 bridgehead atoms. The largest absolute Gasteiger partial charge is 0.497 e. The molecule has 7 nitrogen and oxygen atoms in total. The molecule has 2 aromatic rings. The second-order valence-electron chi connectivity index (χ2n) is 7.22. The normalized spacial score (nSPS) is 15.6. The summed E-state index contributed by atoms with van der Waals surface area (Å²) in [6.07, 6.45) is -0.514. The van der Waals surface area contributed by atoms with Crippen LogP contribution in [0.4, 0.5) is 5.69 Å². The van der Waals surface area contributed by atoms with E-state index in [0.29, 0.717) is 26.4 Å². The number of nitrogens with zero attached hydrogens (tertiary/aromatic N) is 2. The number of ether oxygens (including phenoxy) is 4. The Bertz CT molecular complexity index is 765. The summed E-state index contributed by atoms with van der Waals surface area (Å²) in [5.74, 6) is 2.40. The Kier molecular flexibility index (Phi) is 8.62. The van der Waals surface area contributed by atoms with Crippen molar-refractivity contribution in [3.8, 4) is 17.2 Å². The van der Waals surface area contributed by atoms with Crippen molar-refractivity contribution < 1.29 is 24.1 Å². The second-order valence-corrected chi connectivity index (χ2v) is 7.22. The zero-order chi connectivity index (χ0) is 21.2. The third-order valence-corrected chi connectivity index (χ3v) is 5.11. The summed E-state index contributed by atoms with van der Waals surface area (Å²) < 4.78 is 21.9. The number of rotatable bonds is 11. The highest BCUT2D eigenvalue weighted by atomic mass is 16.5. The number of β-amino-alcohol motifs (C(OH)–C–C–N with tert-alkyl or cyclic N) is 1. The molecule has 0 aliphatic carbocycles. The molecule has 1 atom stereocenters. The van der Waals surface area contributed by atoms with Crippen molar-refractivity contribution in [3.05, 3.63) is 48.5 Å². The number of aliphatic hydroxyl groups excluding tert-OH is 1. The Hall–Kier alpha value is -2.48. The van der Waals surface area contributed by atoms with Crippen LogP contribution < -0.4 is 19.1 Å². The van der Waals surface area contributed by atoms with E-state index >= 15 is 0 Å². The zero-order valence-electron chi connectivity index (χ0n) is 17.8. The Morgan fingerprint density at radius 3 is 2.43 bits per heavy atom. The van der Waals surface area contributed by atoms with Gasteiger partial charge in [-0.25, -0.2) is 0 Å². The van der Waals surface area contributed by atoms with Crippen LogP contribution in [-0.2, 0) is 4.74 Å². The predicted octanol–water partition coefficient (Wildman–Crippen LogP) is 2.28. The van der Waals surface area contributed by atoms with E-state index in [1.54, 1.807) is 14.2 Å². The highest BCUT2D eigenvalue weighted by Crippen LogP contribution is 2.28. The fourth-order valence-corrected chi connectivity index (χ4v) is 3.54. The molecule has 164 valence electrons. The fourth-order valence-electron chi connectivity index (χ4n) is 3.54. The number of piperazine rings is 1. The highest BCUT2D eigenvalue weighted by molar-refractivity contribution is 5.58. The molecule has 3 rings (SSSR count). The molecule has 1 N–H and O–H groups in total. The summed E-state index contributed by atoms with van der Waals surface area (Å²) in [5, 5.41) is 10.3. The van der Waals surface area contributed by atoms with Gasteiger partial charge in [-0.3, -0.25) is 4.90 Å². The van der Waals surface area contributed by atoms with Gasteiger partial charge in [-0.05, 0) is 24.3 Å². The first-order chi connectivity index (χ1) is 14.7. The van der Waals surface area contributed by atoms with Crippen molar-refractivity contribution in [3.63, 3.8) is 0 Å². The summed E-state index contributed by atoms with van der Waals surface area (Å²) in [4.78, 5) is 4.60. The predicted molar refractivity (Wildman–Crippen MR) is 117 cm³/mol. The zero-order valence-corrected chi connectivity index (χ0v) is 17.8. The minimum atomic E-state index is -0.514. The van der Waals surface area contributed by atoms with E-state index in [1.807, 2.05) is 42.5 Å². The number of methoxy groups -OCH3 is 2. The molecule has 0 saturated carbocycles. The standard InChI is InChI=1S/C23H32N2O5/c1-27-20-6-5-7-21(16-20)30-15-14-29-18-19(26)17-24-10-12-25(13-11-24)22-8-3-4-9-23(22)28-2/h3-9,16,19,26H,10-15,17-18H2,1-2H3. The maximum absolute atomic E-state index is 10.3. The van der Waals surface area contributed by atoms with Crippen LogP contribution in [0.25, 0.3) is 0 Å². The number of benzene rings is 2. The van der Waals surface area contributed by atoms with Gasteiger partial charge in [-0.1, -0.05) is 18.2 Å². The van der Waals surface area contributed by atoms with Gasteiger partial charge in [0.1, 0.15) is 23.9 Å². The van der Waals surface area contributed by atoms with Gasteiger partial charge in [-0.15, -0.1) is 0 Å². The van der Waals surface area contributed by atoms with Crippen LogP contribution in [0.5, 0.6) is 17.2 Å². The minimum absolute atomic E-state index is 0.300. The molecule has 1 fully saturated rings. The number of aliphatic hydroxyl groups is 1. The van der Waals surface area contributed by atoms with Crippen molar-refractivity contribution in [2.24, 2.45) is 0 Å². The summed E-state index contributed by atoms with van der Waals surface area (Å²) in [6.45, 7) is 5.37. The molecule has 1 aliphatic rings. The van der Waals surface area contributed by atoms with Crippen molar-refractivity contribution >= 4 is 5.69 Å². The van der Waals surface area contributed by atoms with E-state index < -0.39 is 6.10 Å². The Labute approximate surface area is 178 Å². The summed E-state index contributed by atoms with van der Waals surface area (Å²) in [5.41, 5.74) is 1.12. The van der Waals surface area contributed by atoms with E-state index in [4.69, 9.17) is 18.9 Å².